The number of aryl methyl sites for hydroxylation is 1. The number of amides is 1. The standard InChI is InChI=1S/C17H21FN4O2/c1-3-21-11-19-20-16(21)13-5-4-8-22(10-13)17(23)12-6-7-15(24-2)14(18)9-12/h6-7,9,11,13H,3-5,8,10H2,1-2H3. The second kappa shape index (κ2) is 6.98. The summed E-state index contributed by atoms with van der Waals surface area (Å²) in [5.41, 5.74) is 0.339. The number of piperidine rings is 1. The third kappa shape index (κ3) is 3.11. The Morgan fingerprint density at radius 1 is 1.46 bits per heavy atom. The van der Waals surface area contributed by atoms with E-state index in [4.69, 9.17) is 4.74 Å². The highest BCUT2D eigenvalue weighted by molar-refractivity contribution is 5.94. The topological polar surface area (TPSA) is 60.2 Å². The van der Waals surface area contributed by atoms with Gasteiger partial charge in [0.15, 0.2) is 11.6 Å². The normalized spacial score (nSPS) is 17.8. The lowest BCUT2D eigenvalue weighted by atomic mass is 9.96. The van der Waals surface area contributed by atoms with Gasteiger partial charge in [0, 0.05) is 31.1 Å². The number of likely N-dealkylation sites (tertiary alicyclic amines) is 1. The molecule has 1 unspecified atom stereocenters. The highest BCUT2D eigenvalue weighted by atomic mass is 19.1. The molecule has 1 saturated heterocycles. The average molecular weight is 332 g/mol. The molecular formula is C17H21FN4O2. The van der Waals surface area contributed by atoms with Crippen LogP contribution in [-0.2, 0) is 6.54 Å². The Morgan fingerprint density at radius 2 is 2.29 bits per heavy atom. The number of methoxy groups -OCH3 is 1. The smallest absolute Gasteiger partial charge is 0.253 e. The molecule has 7 heteroatoms. The number of halogens is 1. The van der Waals surface area contributed by atoms with Gasteiger partial charge in [-0.15, -0.1) is 10.2 Å². The number of hydrogen-bond acceptors (Lipinski definition) is 4. The largest absolute Gasteiger partial charge is 0.494 e. The Kier molecular flexibility index (Phi) is 4.78. The molecule has 1 amide bonds. The van der Waals surface area contributed by atoms with E-state index >= 15 is 0 Å². The Bertz CT molecular complexity index is 731. The third-order valence-electron chi connectivity index (χ3n) is 4.46. The van der Waals surface area contributed by atoms with Crippen molar-refractivity contribution in [3.05, 3.63) is 41.7 Å². The molecule has 128 valence electrons. The predicted molar refractivity (Wildman–Crippen MR) is 86.5 cm³/mol. The van der Waals surface area contributed by atoms with Crippen molar-refractivity contribution in [3.8, 4) is 5.75 Å². The molecule has 3 rings (SSSR count). The molecule has 0 aliphatic carbocycles. The second-order valence-corrected chi connectivity index (χ2v) is 5.91. The Balaban J connectivity index is 1.77. The van der Waals surface area contributed by atoms with Gasteiger partial charge < -0.3 is 14.2 Å². The molecule has 0 saturated carbocycles. The van der Waals surface area contributed by atoms with Gasteiger partial charge in [-0.1, -0.05) is 0 Å². The zero-order valence-corrected chi connectivity index (χ0v) is 13.9. The number of benzene rings is 1. The van der Waals surface area contributed by atoms with Crippen LogP contribution in [0.15, 0.2) is 24.5 Å². The van der Waals surface area contributed by atoms with E-state index in [1.807, 2.05) is 11.5 Å². The number of rotatable bonds is 4. The monoisotopic (exact) mass is 332 g/mol. The van der Waals surface area contributed by atoms with Crippen molar-refractivity contribution >= 4 is 5.91 Å². The predicted octanol–water partition coefficient (Wildman–Crippen LogP) is 2.47. The summed E-state index contributed by atoms with van der Waals surface area (Å²) < 4.78 is 20.8. The van der Waals surface area contributed by atoms with E-state index in [0.29, 0.717) is 18.7 Å². The van der Waals surface area contributed by atoms with E-state index in [1.165, 1.54) is 19.2 Å². The maximum absolute atomic E-state index is 13.9. The highest BCUT2D eigenvalue weighted by Gasteiger charge is 2.28. The van der Waals surface area contributed by atoms with Crippen LogP contribution in [0, 0.1) is 5.82 Å². The van der Waals surface area contributed by atoms with Crippen LogP contribution in [0.25, 0.3) is 0 Å². The number of aromatic nitrogens is 3. The van der Waals surface area contributed by atoms with Crippen LogP contribution in [0.2, 0.25) is 0 Å². The molecule has 24 heavy (non-hydrogen) atoms. The van der Waals surface area contributed by atoms with Gasteiger partial charge >= 0.3 is 0 Å². The zero-order valence-electron chi connectivity index (χ0n) is 13.9. The van der Waals surface area contributed by atoms with E-state index in [2.05, 4.69) is 10.2 Å². The van der Waals surface area contributed by atoms with Crippen molar-refractivity contribution in [3.63, 3.8) is 0 Å². The maximum Gasteiger partial charge on any atom is 0.253 e. The Hall–Kier alpha value is -2.44. The van der Waals surface area contributed by atoms with E-state index in [0.717, 1.165) is 25.2 Å². The van der Waals surface area contributed by atoms with Crippen LogP contribution < -0.4 is 4.74 Å². The Labute approximate surface area is 140 Å². The first-order valence-electron chi connectivity index (χ1n) is 8.14. The van der Waals surface area contributed by atoms with Gasteiger partial charge in [-0.25, -0.2) is 4.39 Å². The molecule has 1 aromatic heterocycles. The van der Waals surface area contributed by atoms with Gasteiger partial charge in [-0.05, 0) is 38.0 Å². The molecule has 1 fully saturated rings. The second-order valence-electron chi connectivity index (χ2n) is 5.91. The van der Waals surface area contributed by atoms with Crippen LogP contribution in [0.4, 0.5) is 4.39 Å². The van der Waals surface area contributed by atoms with Crippen LogP contribution in [0.3, 0.4) is 0 Å². The van der Waals surface area contributed by atoms with Crippen molar-refractivity contribution in [2.24, 2.45) is 0 Å². The zero-order chi connectivity index (χ0) is 17.1. The van der Waals surface area contributed by atoms with E-state index in [9.17, 15) is 9.18 Å². The summed E-state index contributed by atoms with van der Waals surface area (Å²) in [6.07, 6.45) is 3.58. The minimum absolute atomic E-state index is 0.138. The van der Waals surface area contributed by atoms with Crippen molar-refractivity contribution in [2.45, 2.75) is 32.2 Å². The molecule has 0 spiro atoms. The summed E-state index contributed by atoms with van der Waals surface area (Å²) in [4.78, 5) is 14.5. The van der Waals surface area contributed by atoms with Gasteiger partial charge in [0.1, 0.15) is 12.2 Å². The third-order valence-corrected chi connectivity index (χ3v) is 4.46. The lowest BCUT2D eigenvalue weighted by Gasteiger charge is -2.32. The molecule has 1 aliphatic rings. The number of carbonyl (C=O) groups is 1. The summed E-state index contributed by atoms with van der Waals surface area (Å²) >= 11 is 0. The minimum atomic E-state index is -0.525. The van der Waals surface area contributed by atoms with Crippen LogP contribution in [0.5, 0.6) is 5.75 Å². The maximum atomic E-state index is 13.9. The molecule has 0 radical (unpaired) electrons. The first kappa shape index (κ1) is 16.4. The highest BCUT2D eigenvalue weighted by Crippen LogP contribution is 2.27. The van der Waals surface area contributed by atoms with Crippen LogP contribution in [0.1, 0.15) is 41.9 Å². The summed E-state index contributed by atoms with van der Waals surface area (Å²) in [7, 11) is 1.40. The SMILES string of the molecule is CCn1cnnc1C1CCCN(C(=O)c2ccc(OC)c(F)c2)C1. The lowest BCUT2D eigenvalue weighted by Crippen LogP contribution is -2.39. The van der Waals surface area contributed by atoms with Crippen molar-refractivity contribution in [1.29, 1.82) is 0 Å². The van der Waals surface area contributed by atoms with Crippen LogP contribution in [-0.4, -0.2) is 45.8 Å². The molecule has 1 aliphatic heterocycles. The molecule has 0 N–H and O–H groups in total. The van der Waals surface area contributed by atoms with Gasteiger partial charge in [-0.3, -0.25) is 4.79 Å². The number of carbonyl (C=O) groups excluding carboxylic acids is 1. The first-order chi connectivity index (χ1) is 11.6. The average Bonchev–Trinajstić information content (AvgIpc) is 3.10. The summed E-state index contributed by atoms with van der Waals surface area (Å²) in [6.45, 7) is 4.09. The molecule has 1 atom stereocenters. The molecule has 2 heterocycles. The lowest BCUT2D eigenvalue weighted by molar-refractivity contribution is 0.0702. The number of nitrogens with zero attached hydrogens (tertiary/aromatic N) is 4. The number of hydrogen-bond donors (Lipinski definition) is 0. The molecule has 2 aromatic rings. The molecular weight excluding hydrogens is 311 g/mol. The van der Waals surface area contributed by atoms with Crippen molar-refractivity contribution < 1.29 is 13.9 Å². The Morgan fingerprint density at radius 3 is 3.00 bits per heavy atom. The van der Waals surface area contributed by atoms with E-state index < -0.39 is 5.82 Å². The fourth-order valence-electron chi connectivity index (χ4n) is 3.18. The van der Waals surface area contributed by atoms with Gasteiger partial charge in [0.05, 0.1) is 7.11 Å². The van der Waals surface area contributed by atoms with Gasteiger partial charge in [-0.2, -0.15) is 0 Å². The van der Waals surface area contributed by atoms with E-state index in [-0.39, 0.29) is 17.6 Å². The van der Waals surface area contributed by atoms with Gasteiger partial charge in [0.2, 0.25) is 0 Å². The minimum Gasteiger partial charge on any atom is -0.494 e. The van der Waals surface area contributed by atoms with E-state index in [1.54, 1.807) is 17.3 Å². The van der Waals surface area contributed by atoms with Crippen LogP contribution >= 0.6 is 0 Å². The summed E-state index contributed by atoms with van der Waals surface area (Å²) in [6, 6.07) is 4.32. The summed E-state index contributed by atoms with van der Waals surface area (Å²) in [5, 5.41) is 8.19. The summed E-state index contributed by atoms with van der Waals surface area (Å²) in [5.74, 6) is 0.523. The molecule has 1 aromatic carbocycles. The van der Waals surface area contributed by atoms with Crippen molar-refractivity contribution in [2.75, 3.05) is 20.2 Å². The van der Waals surface area contributed by atoms with Crippen molar-refractivity contribution in [1.82, 2.24) is 19.7 Å². The molecule has 0 bridgehead atoms. The fourth-order valence-corrected chi connectivity index (χ4v) is 3.18. The van der Waals surface area contributed by atoms with Gasteiger partial charge in [0.25, 0.3) is 5.91 Å². The first-order valence-corrected chi connectivity index (χ1v) is 8.14. The quantitative estimate of drug-likeness (QED) is 0.863. The molecule has 6 nitrogen and oxygen atoms in total. The fraction of sp³-hybridized carbons (Fsp3) is 0.471. The number of ether oxygens (including phenoxy) is 1.